The molecule has 1 atom stereocenters. The van der Waals surface area contributed by atoms with E-state index in [2.05, 4.69) is 10.7 Å². The first kappa shape index (κ1) is 8.67. The predicted octanol–water partition coefficient (Wildman–Crippen LogP) is 0.991. The molecule has 0 bridgehead atoms. The lowest BCUT2D eigenvalue weighted by atomic mass is 10.1. The molecule has 0 unspecified atom stereocenters. The molecule has 1 aromatic rings. The Labute approximate surface area is 70.2 Å². The van der Waals surface area contributed by atoms with Crippen LogP contribution in [0.2, 0.25) is 0 Å². The zero-order chi connectivity index (χ0) is 8.81. The highest BCUT2D eigenvalue weighted by Gasteiger charge is 2.07. The second kappa shape index (κ2) is 4.46. The Hall–Kier alpha value is -1.42. The van der Waals surface area contributed by atoms with Gasteiger partial charge in [0.25, 0.3) is 0 Å². The molecule has 0 aliphatic rings. The van der Waals surface area contributed by atoms with Crippen LogP contribution in [-0.4, -0.2) is 11.7 Å². The normalized spacial score (nSPS) is 12.1. The van der Waals surface area contributed by atoms with E-state index in [1.807, 2.05) is 30.3 Å². The minimum absolute atomic E-state index is 0.143. The number of aliphatic hydroxyl groups is 1. The number of nitroso groups, excluding NO2 is 1. The third-order valence-corrected chi connectivity index (χ3v) is 1.59. The molecule has 0 aliphatic carbocycles. The minimum Gasteiger partial charge on any atom is -0.394 e. The average Bonchev–Trinajstić information content (AvgIpc) is 2.15. The number of benzene rings is 1. The first-order valence-electron chi connectivity index (χ1n) is 3.62. The molecule has 4 heteroatoms. The number of hydrogen-bond donors (Lipinski definition) is 2. The van der Waals surface area contributed by atoms with Gasteiger partial charge in [0, 0.05) is 0 Å². The van der Waals surface area contributed by atoms with Gasteiger partial charge < -0.3 is 5.11 Å². The quantitative estimate of drug-likeness (QED) is 0.518. The van der Waals surface area contributed by atoms with Crippen LogP contribution in [0.3, 0.4) is 0 Å². The van der Waals surface area contributed by atoms with Crippen LogP contribution in [0, 0.1) is 4.91 Å². The SMILES string of the molecule is O=NN[C@@H](CO)c1ccccc1. The van der Waals surface area contributed by atoms with E-state index >= 15 is 0 Å². The molecular weight excluding hydrogens is 156 g/mol. The standard InChI is InChI=1S/C8H10N2O2/c11-6-8(9-10-12)7-4-2-1-3-5-7/h1-5,8,11H,6H2,(H,9,12)/t8-/m0/s1. The summed E-state index contributed by atoms with van der Waals surface area (Å²) in [5.41, 5.74) is 3.11. The monoisotopic (exact) mass is 166 g/mol. The third-order valence-electron chi connectivity index (χ3n) is 1.59. The van der Waals surface area contributed by atoms with Gasteiger partial charge in [-0.25, -0.2) is 0 Å². The van der Waals surface area contributed by atoms with Gasteiger partial charge in [0.1, 0.15) is 0 Å². The molecule has 0 amide bonds. The van der Waals surface area contributed by atoms with Gasteiger partial charge in [-0.05, 0) is 5.56 Å². The highest BCUT2D eigenvalue weighted by molar-refractivity contribution is 5.18. The Kier molecular flexibility index (Phi) is 3.22. The number of nitrogens with zero attached hydrogens (tertiary/aromatic N) is 1. The largest absolute Gasteiger partial charge is 0.394 e. The van der Waals surface area contributed by atoms with Crippen LogP contribution in [0.1, 0.15) is 11.6 Å². The molecule has 0 saturated carbocycles. The van der Waals surface area contributed by atoms with Crippen molar-refractivity contribution in [2.45, 2.75) is 6.04 Å². The minimum atomic E-state index is -0.399. The van der Waals surface area contributed by atoms with E-state index in [0.29, 0.717) is 0 Å². The fraction of sp³-hybridized carbons (Fsp3) is 0.250. The predicted molar refractivity (Wildman–Crippen MR) is 45.2 cm³/mol. The number of aliphatic hydroxyl groups excluding tert-OH is 1. The molecular formula is C8H10N2O2. The lowest BCUT2D eigenvalue weighted by Crippen LogP contribution is -2.18. The molecule has 1 rings (SSSR count). The van der Waals surface area contributed by atoms with Gasteiger partial charge in [-0.15, -0.1) is 4.91 Å². The highest BCUT2D eigenvalue weighted by atomic mass is 16.3. The maximum absolute atomic E-state index is 9.88. The summed E-state index contributed by atoms with van der Waals surface area (Å²) >= 11 is 0. The van der Waals surface area contributed by atoms with Crippen LogP contribution in [0.15, 0.2) is 35.6 Å². The van der Waals surface area contributed by atoms with E-state index in [-0.39, 0.29) is 6.61 Å². The molecule has 0 fully saturated rings. The van der Waals surface area contributed by atoms with Crippen molar-refractivity contribution in [1.29, 1.82) is 0 Å². The van der Waals surface area contributed by atoms with Gasteiger partial charge in [0.05, 0.1) is 17.9 Å². The summed E-state index contributed by atoms with van der Waals surface area (Å²) < 4.78 is 0. The molecule has 0 spiro atoms. The Morgan fingerprint density at radius 2 is 2.08 bits per heavy atom. The molecule has 0 heterocycles. The van der Waals surface area contributed by atoms with E-state index < -0.39 is 6.04 Å². The van der Waals surface area contributed by atoms with Gasteiger partial charge in [0.15, 0.2) is 0 Å². The van der Waals surface area contributed by atoms with Gasteiger partial charge in [-0.2, -0.15) is 0 Å². The Balaban J connectivity index is 2.72. The lowest BCUT2D eigenvalue weighted by molar-refractivity contribution is 0.246. The Bertz CT molecular complexity index is 238. The molecule has 0 radical (unpaired) electrons. The summed E-state index contributed by atoms with van der Waals surface area (Å²) in [5, 5.41) is 11.4. The van der Waals surface area contributed by atoms with Gasteiger partial charge in [-0.1, -0.05) is 30.3 Å². The topological polar surface area (TPSA) is 61.7 Å². The van der Waals surface area contributed by atoms with Gasteiger partial charge >= 0.3 is 0 Å². The van der Waals surface area contributed by atoms with Crippen LogP contribution in [-0.2, 0) is 0 Å². The maximum atomic E-state index is 9.88. The molecule has 0 aromatic heterocycles. The van der Waals surface area contributed by atoms with Crippen molar-refractivity contribution in [3.63, 3.8) is 0 Å². The van der Waals surface area contributed by atoms with Gasteiger partial charge in [-0.3, -0.25) is 5.43 Å². The van der Waals surface area contributed by atoms with Crippen molar-refractivity contribution in [2.75, 3.05) is 6.61 Å². The third kappa shape index (κ3) is 2.03. The molecule has 0 aliphatic heterocycles. The summed E-state index contributed by atoms with van der Waals surface area (Å²) in [6.45, 7) is -0.143. The van der Waals surface area contributed by atoms with Crippen LogP contribution in [0.4, 0.5) is 0 Å². The fourth-order valence-corrected chi connectivity index (χ4v) is 0.970. The first-order chi connectivity index (χ1) is 5.88. The van der Waals surface area contributed by atoms with Crippen molar-refractivity contribution < 1.29 is 5.11 Å². The van der Waals surface area contributed by atoms with Crippen LogP contribution >= 0.6 is 0 Å². The smallest absolute Gasteiger partial charge is 0.0952 e. The van der Waals surface area contributed by atoms with Crippen molar-refractivity contribution in [1.82, 2.24) is 5.43 Å². The summed E-state index contributed by atoms with van der Waals surface area (Å²) in [4.78, 5) is 9.88. The van der Waals surface area contributed by atoms with Gasteiger partial charge in [0.2, 0.25) is 0 Å². The summed E-state index contributed by atoms with van der Waals surface area (Å²) in [7, 11) is 0. The Morgan fingerprint density at radius 1 is 1.42 bits per heavy atom. The summed E-state index contributed by atoms with van der Waals surface area (Å²) in [5.74, 6) is 0. The Morgan fingerprint density at radius 3 is 2.58 bits per heavy atom. The van der Waals surface area contributed by atoms with Crippen molar-refractivity contribution in [3.8, 4) is 0 Å². The summed E-state index contributed by atoms with van der Waals surface area (Å²) in [6, 6.07) is 8.78. The fourth-order valence-electron chi connectivity index (χ4n) is 0.970. The van der Waals surface area contributed by atoms with E-state index in [1.54, 1.807) is 0 Å². The van der Waals surface area contributed by atoms with Crippen molar-refractivity contribution >= 4 is 0 Å². The van der Waals surface area contributed by atoms with Crippen molar-refractivity contribution in [3.05, 3.63) is 40.8 Å². The lowest BCUT2D eigenvalue weighted by Gasteiger charge is -2.10. The summed E-state index contributed by atoms with van der Waals surface area (Å²) in [6.07, 6.45) is 0. The number of rotatable bonds is 4. The second-order valence-electron chi connectivity index (χ2n) is 2.37. The molecule has 12 heavy (non-hydrogen) atoms. The zero-order valence-corrected chi connectivity index (χ0v) is 6.47. The average molecular weight is 166 g/mol. The van der Waals surface area contributed by atoms with E-state index in [1.165, 1.54) is 0 Å². The second-order valence-corrected chi connectivity index (χ2v) is 2.37. The van der Waals surface area contributed by atoms with Crippen LogP contribution in [0.25, 0.3) is 0 Å². The van der Waals surface area contributed by atoms with Crippen LogP contribution in [0.5, 0.6) is 0 Å². The number of nitrogens with one attached hydrogen (secondary N) is 1. The van der Waals surface area contributed by atoms with Crippen molar-refractivity contribution in [2.24, 2.45) is 5.29 Å². The van der Waals surface area contributed by atoms with E-state index in [0.717, 1.165) is 5.56 Å². The van der Waals surface area contributed by atoms with E-state index in [9.17, 15) is 4.91 Å². The zero-order valence-electron chi connectivity index (χ0n) is 6.47. The van der Waals surface area contributed by atoms with Crippen LogP contribution < -0.4 is 5.43 Å². The molecule has 2 N–H and O–H groups in total. The number of hydrogen-bond acceptors (Lipinski definition) is 3. The van der Waals surface area contributed by atoms with E-state index in [4.69, 9.17) is 5.11 Å². The maximum Gasteiger partial charge on any atom is 0.0952 e. The molecule has 1 aromatic carbocycles. The molecule has 4 nitrogen and oxygen atoms in total. The first-order valence-corrected chi connectivity index (χ1v) is 3.62. The molecule has 64 valence electrons. The molecule has 0 saturated heterocycles. The highest BCUT2D eigenvalue weighted by Crippen LogP contribution is 2.10.